The van der Waals surface area contributed by atoms with Gasteiger partial charge in [0, 0.05) is 11.6 Å². The lowest BCUT2D eigenvalue weighted by Crippen LogP contribution is -2.43. The van der Waals surface area contributed by atoms with Crippen molar-refractivity contribution in [2.75, 3.05) is 17.4 Å². The summed E-state index contributed by atoms with van der Waals surface area (Å²) >= 11 is 5.97. The molecule has 0 spiro atoms. The first-order valence-electron chi connectivity index (χ1n) is 10.2. The molecule has 1 aliphatic heterocycles. The largest absolute Gasteiger partial charge is 0.334 e. The van der Waals surface area contributed by atoms with Crippen molar-refractivity contribution >= 4 is 33.2 Å². The molecular weight excluding hydrogens is 451 g/mol. The van der Waals surface area contributed by atoms with Crippen LogP contribution < -0.4 is 4.31 Å². The van der Waals surface area contributed by atoms with Crippen molar-refractivity contribution in [3.63, 3.8) is 0 Å². The Bertz CT molecular complexity index is 1200. The number of likely N-dealkylation sites (tertiary alicyclic amines) is 1. The Labute approximate surface area is 192 Å². The van der Waals surface area contributed by atoms with Crippen LogP contribution in [0, 0.1) is 5.82 Å². The van der Waals surface area contributed by atoms with Gasteiger partial charge < -0.3 is 4.90 Å². The molecule has 0 radical (unpaired) electrons. The first-order valence-corrected chi connectivity index (χ1v) is 12.1. The number of anilines is 1. The van der Waals surface area contributed by atoms with E-state index in [1.54, 1.807) is 4.90 Å². The van der Waals surface area contributed by atoms with Crippen LogP contribution in [0.5, 0.6) is 0 Å². The molecule has 1 fully saturated rings. The summed E-state index contributed by atoms with van der Waals surface area (Å²) in [5, 5.41) is 0.423. The average molecular weight is 473 g/mol. The highest BCUT2D eigenvalue weighted by atomic mass is 35.5. The van der Waals surface area contributed by atoms with Crippen LogP contribution in [0.3, 0.4) is 0 Å². The number of hydrogen-bond donors (Lipinski definition) is 0. The normalized spacial score (nSPS) is 16.2. The minimum absolute atomic E-state index is 0.119. The van der Waals surface area contributed by atoms with Gasteiger partial charge in [0.1, 0.15) is 17.3 Å². The number of benzene rings is 3. The molecule has 0 aliphatic carbocycles. The zero-order chi connectivity index (χ0) is 22.7. The minimum atomic E-state index is -4.34. The molecule has 4 rings (SSSR count). The van der Waals surface area contributed by atoms with Crippen LogP contribution in [0.15, 0.2) is 83.8 Å². The molecule has 1 amide bonds. The molecule has 1 aliphatic rings. The molecule has 0 saturated carbocycles. The Balaban J connectivity index is 1.69. The Morgan fingerprint density at radius 2 is 1.66 bits per heavy atom. The summed E-state index contributed by atoms with van der Waals surface area (Å²) in [6.07, 6.45) is 1.63. The van der Waals surface area contributed by atoms with Crippen molar-refractivity contribution in [2.45, 2.75) is 23.8 Å². The topological polar surface area (TPSA) is 57.7 Å². The second kappa shape index (κ2) is 9.30. The number of nitrogens with zero attached hydrogens (tertiary/aromatic N) is 2. The maximum absolute atomic E-state index is 14.4. The van der Waals surface area contributed by atoms with E-state index >= 15 is 0 Å². The number of hydrogen-bond acceptors (Lipinski definition) is 3. The molecule has 1 saturated heterocycles. The molecule has 32 heavy (non-hydrogen) atoms. The van der Waals surface area contributed by atoms with Crippen molar-refractivity contribution in [1.29, 1.82) is 0 Å². The van der Waals surface area contributed by atoms with Crippen molar-refractivity contribution in [3.05, 3.63) is 95.3 Å². The second-order valence-corrected chi connectivity index (χ2v) is 9.84. The van der Waals surface area contributed by atoms with E-state index in [1.165, 1.54) is 42.5 Å². The van der Waals surface area contributed by atoms with Gasteiger partial charge in [-0.05, 0) is 54.8 Å². The summed E-state index contributed by atoms with van der Waals surface area (Å²) in [7, 11) is -4.34. The van der Waals surface area contributed by atoms with Gasteiger partial charge in [0.05, 0.1) is 11.7 Å². The SMILES string of the molecule is O=C(CN(c1ccc(Cl)cc1)S(=O)(=O)c1ccccc1F)N1CCCC1c1ccccc1. The first kappa shape index (κ1) is 22.3. The number of halogens is 2. The average Bonchev–Trinajstić information content (AvgIpc) is 3.29. The molecule has 0 bridgehead atoms. The fourth-order valence-electron chi connectivity index (χ4n) is 4.00. The van der Waals surface area contributed by atoms with Crippen LogP contribution in [0.4, 0.5) is 10.1 Å². The van der Waals surface area contributed by atoms with Gasteiger partial charge in [-0.2, -0.15) is 0 Å². The third-order valence-electron chi connectivity index (χ3n) is 5.56. The lowest BCUT2D eigenvalue weighted by atomic mass is 10.0. The summed E-state index contributed by atoms with van der Waals surface area (Å²) in [6.45, 7) is 0.0915. The predicted octanol–water partition coefficient (Wildman–Crippen LogP) is 5.04. The lowest BCUT2D eigenvalue weighted by molar-refractivity contribution is -0.130. The van der Waals surface area contributed by atoms with Gasteiger partial charge in [-0.1, -0.05) is 54.1 Å². The highest BCUT2D eigenvalue weighted by molar-refractivity contribution is 7.92. The van der Waals surface area contributed by atoms with Crippen LogP contribution in [-0.2, 0) is 14.8 Å². The molecule has 166 valence electrons. The molecule has 3 aromatic carbocycles. The van der Waals surface area contributed by atoms with E-state index in [2.05, 4.69) is 0 Å². The lowest BCUT2D eigenvalue weighted by Gasteiger charge is -2.30. The number of amides is 1. The van der Waals surface area contributed by atoms with E-state index in [0.717, 1.165) is 28.8 Å². The molecule has 1 unspecified atom stereocenters. The smallest absolute Gasteiger partial charge is 0.267 e. The van der Waals surface area contributed by atoms with Gasteiger partial charge in [0.25, 0.3) is 10.0 Å². The van der Waals surface area contributed by atoms with Crippen LogP contribution in [0.1, 0.15) is 24.4 Å². The number of carbonyl (C=O) groups excluding carboxylic acids is 1. The number of rotatable bonds is 6. The third-order valence-corrected chi connectivity index (χ3v) is 7.61. The molecule has 8 heteroatoms. The fourth-order valence-corrected chi connectivity index (χ4v) is 5.60. The highest BCUT2D eigenvalue weighted by Gasteiger charge is 2.35. The third kappa shape index (κ3) is 4.49. The maximum Gasteiger partial charge on any atom is 0.267 e. The molecule has 1 heterocycles. The number of sulfonamides is 1. The van der Waals surface area contributed by atoms with E-state index in [1.807, 2.05) is 30.3 Å². The maximum atomic E-state index is 14.4. The van der Waals surface area contributed by atoms with Gasteiger partial charge in [-0.3, -0.25) is 9.10 Å². The van der Waals surface area contributed by atoms with Gasteiger partial charge in [0.2, 0.25) is 5.91 Å². The van der Waals surface area contributed by atoms with Gasteiger partial charge >= 0.3 is 0 Å². The second-order valence-electron chi connectivity index (χ2n) is 7.57. The van der Waals surface area contributed by atoms with Crippen LogP contribution in [0.2, 0.25) is 5.02 Å². The van der Waals surface area contributed by atoms with E-state index in [4.69, 9.17) is 11.6 Å². The van der Waals surface area contributed by atoms with Gasteiger partial charge in [0.15, 0.2) is 0 Å². The van der Waals surface area contributed by atoms with Gasteiger partial charge in [-0.15, -0.1) is 0 Å². The van der Waals surface area contributed by atoms with E-state index in [0.29, 0.717) is 11.6 Å². The summed E-state index contributed by atoms with van der Waals surface area (Å²) in [4.78, 5) is 14.6. The zero-order valence-corrected chi connectivity index (χ0v) is 18.8. The molecule has 0 N–H and O–H groups in total. The standard InChI is InChI=1S/C24H22ClFN2O3S/c25-19-12-14-20(15-13-19)28(32(30,31)23-11-5-4-9-21(23)26)17-24(29)27-16-6-10-22(27)18-7-2-1-3-8-18/h1-5,7-9,11-15,22H,6,10,16-17H2. The molecule has 5 nitrogen and oxygen atoms in total. The summed E-state index contributed by atoms with van der Waals surface area (Å²) in [5.41, 5.74) is 1.25. The van der Waals surface area contributed by atoms with Crippen molar-refractivity contribution in [3.8, 4) is 0 Å². The van der Waals surface area contributed by atoms with E-state index in [9.17, 15) is 17.6 Å². The van der Waals surface area contributed by atoms with Gasteiger partial charge in [-0.25, -0.2) is 12.8 Å². The summed E-state index contributed by atoms with van der Waals surface area (Å²) in [5.74, 6) is -1.21. The quantitative estimate of drug-likeness (QED) is 0.505. The Kier molecular flexibility index (Phi) is 6.48. The van der Waals surface area contributed by atoms with E-state index in [-0.39, 0.29) is 17.6 Å². The molecule has 1 atom stereocenters. The first-order chi connectivity index (χ1) is 15.4. The van der Waals surface area contributed by atoms with Crippen LogP contribution in [-0.4, -0.2) is 32.3 Å². The van der Waals surface area contributed by atoms with Crippen molar-refractivity contribution < 1.29 is 17.6 Å². The molecule has 3 aromatic rings. The highest BCUT2D eigenvalue weighted by Crippen LogP contribution is 2.33. The van der Waals surface area contributed by atoms with Crippen LogP contribution >= 0.6 is 11.6 Å². The Morgan fingerprint density at radius 3 is 2.34 bits per heavy atom. The number of carbonyl (C=O) groups is 1. The summed E-state index contributed by atoms with van der Waals surface area (Å²) in [6, 6.07) is 20.8. The van der Waals surface area contributed by atoms with Crippen LogP contribution in [0.25, 0.3) is 0 Å². The van der Waals surface area contributed by atoms with E-state index < -0.39 is 27.3 Å². The monoisotopic (exact) mass is 472 g/mol. The fraction of sp³-hybridized carbons (Fsp3) is 0.208. The predicted molar refractivity (Wildman–Crippen MR) is 123 cm³/mol. The minimum Gasteiger partial charge on any atom is -0.334 e. The Morgan fingerprint density at radius 1 is 1.00 bits per heavy atom. The molecular formula is C24H22ClFN2O3S. The zero-order valence-electron chi connectivity index (χ0n) is 17.2. The van der Waals surface area contributed by atoms with Crippen molar-refractivity contribution in [2.24, 2.45) is 0 Å². The Hall–Kier alpha value is -2.90. The summed E-state index contributed by atoms with van der Waals surface area (Å²) < 4.78 is 42.2. The molecule has 0 aromatic heterocycles. The van der Waals surface area contributed by atoms with Crippen molar-refractivity contribution in [1.82, 2.24) is 4.90 Å².